The fourth-order valence-corrected chi connectivity index (χ4v) is 4.11. The maximum absolute atomic E-state index is 12.6. The van der Waals surface area contributed by atoms with Crippen LogP contribution in [0.3, 0.4) is 0 Å². The number of amides is 1. The van der Waals surface area contributed by atoms with Crippen molar-refractivity contribution in [3.8, 4) is 6.07 Å². The number of carbonyl (C=O) groups excluding carboxylic acids is 2. The first-order valence-corrected chi connectivity index (χ1v) is 9.74. The van der Waals surface area contributed by atoms with Crippen molar-refractivity contribution >= 4 is 17.6 Å². The van der Waals surface area contributed by atoms with Crippen LogP contribution in [-0.4, -0.2) is 38.1 Å². The van der Waals surface area contributed by atoms with E-state index in [9.17, 15) is 9.59 Å². The number of carbonyl (C=O) groups is 2. The molecule has 1 aromatic carbocycles. The third-order valence-corrected chi connectivity index (χ3v) is 5.84. The number of methoxy groups -OCH3 is 1. The highest BCUT2D eigenvalue weighted by molar-refractivity contribution is 5.79. The Kier molecular flexibility index (Phi) is 6.33. The van der Waals surface area contributed by atoms with E-state index in [4.69, 9.17) is 10.00 Å². The molecular weight excluding hydrogens is 342 g/mol. The molecule has 2 aliphatic rings. The zero-order valence-corrected chi connectivity index (χ0v) is 15.8. The van der Waals surface area contributed by atoms with Crippen LogP contribution >= 0.6 is 0 Å². The fraction of sp³-hybridized carbons (Fsp3) is 0.571. The van der Waals surface area contributed by atoms with Crippen LogP contribution in [-0.2, 0) is 14.3 Å². The second-order valence-corrected chi connectivity index (χ2v) is 7.50. The molecule has 27 heavy (non-hydrogen) atoms. The van der Waals surface area contributed by atoms with Gasteiger partial charge >= 0.3 is 5.97 Å². The Morgan fingerprint density at radius 1 is 1.04 bits per heavy atom. The lowest BCUT2D eigenvalue weighted by Gasteiger charge is -2.35. The zero-order chi connectivity index (χ0) is 19.2. The summed E-state index contributed by atoms with van der Waals surface area (Å²) in [6.07, 6.45) is 4.83. The average molecular weight is 369 g/mol. The molecule has 0 unspecified atom stereocenters. The number of anilines is 1. The fourth-order valence-electron chi connectivity index (χ4n) is 4.11. The van der Waals surface area contributed by atoms with Crippen LogP contribution in [0.5, 0.6) is 0 Å². The quantitative estimate of drug-likeness (QED) is 0.825. The van der Waals surface area contributed by atoms with Crippen molar-refractivity contribution in [2.24, 2.45) is 11.8 Å². The highest BCUT2D eigenvalue weighted by atomic mass is 16.5. The maximum Gasteiger partial charge on any atom is 0.308 e. The molecule has 0 radical (unpaired) electrons. The van der Waals surface area contributed by atoms with E-state index < -0.39 is 0 Å². The Bertz CT molecular complexity index is 694. The molecule has 0 aromatic heterocycles. The van der Waals surface area contributed by atoms with Gasteiger partial charge in [0.2, 0.25) is 5.91 Å². The molecule has 144 valence electrons. The van der Waals surface area contributed by atoms with E-state index in [1.807, 2.05) is 24.3 Å². The SMILES string of the molecule is COC(=O)C1CCC(C(=O)NC2CCN(c3ccc(C#N)cc3)CC2)CC1. The van der Waals surface area contributed by atoms with Crippen LogP contribution < -0.4 is 10.2 Å². The minimum atomic E-state index is -0.149. The standard InChI is InChI=1S/C21H27N3O3/c1-27-21(26)17-6-4-16(5-7-17)20(25)23-18-10-12-24(13-11-18)19-8-2-15(14-22)3-9-19/h2-3,8-9,16-18H,4-7,10-13H2,1H3,(H,23,25). The predicted octanol–water partition coefficient (Wildman–Crippen LogP) is 2.62. The minimum Gasteiger partial charge on any atom is -0.469 e. The van der Waals surface area contributed by atoms with Crippen LogP contribution in [0, 0.1) is 23.2 Å². The lowest BCUT2D eigenvalue weighted by atomic mass is 9.81. The molecule has 1 aromatic rings. The molecule has 1 aliphatic carbocycles. The number of ether oxygens (including phenoxy) is 1. The molecule has 1 amide bonds. The Balaban J connectivity index is 1.43. The van der Waals surface area contributed by atoms with Crippen molar-refractivity contribution in [1.29, 1.82) is 5.26 Å². The van der Waals surface area contributed by atoms with Crippen LogP contribution in [0.1, 0.15) is 44.1 Å². The molecule has 1 aliphatic heterocycles. The molecule has 0 bridgehead atoms. The first kappa shape index (κ1) is 19.2. The van der Waals surface area contributed by atoms with Gasteiger partial charge in [0.05, 0.1) is 24.7 Å². The van der Waals surface area contributed by atoms with E-state index in [0.717, 1.165) is 57.3 Å². The minimum absolute atomic E-state index is 0.0162. The van der Waals surface area contributed by atoms with Crippen molar-refractivity contribution < 1.29 is 14.3 Å². The van der Waals surface area contributed by atoms with E-state index in [2.05, 4.69) is 16.3 Å². The Morgan fingerprint density at radius 2 is 1.63 bits per heavy atom. The number of piperidine rings is 1. The molecule has 0 atom stereocenters. The molecule has 3 rings (SSSR count). The number of nitrogens with one attached hydrogen (secondary N) is 1. The van der Waals surface area contributed by atoms with Gasteiger partial charge in [0.25, 0.3) is 0 Å². The highest BCUT2D eigenvalue weighted by Gasteiger charge is 2.31. The average Bonchev–Trinajstić information content (AvgIpc) is 2.74. The van der Waals surface area contributed by atoms with Crippen molar-refractivity contribution in [3.63, 3.8) is 0 Å². The number of esters is 1. The number of hydrogen-bond donors (Lipinski definition) is 1. The van der Waals surface area contributed by atoms with E-state index in [0.29, 0.717) is 5.56 Å². The Labute approximate surface area is 160 Å². The third-order valence-electron chi connectivity index (χ3n) is 5.84. The van der Waals surface area contributed by atoms with E-state index in [-0.39, 0.29) is 29.8 Å². The number of rotatable bonds is 4. The molecule has 1 N–H and O–H groups in total. The molecular formula is C21H27N3O3. The third kappa shape index (κ3) is 4.79. The largest absolute Gasteiger partial charge is 0.469 e. The molecule has 1 heterocycles. The molecule has 0 spiro atoms. The Hall–Kier alpha value is -2.55. The maximum atomic E-state index is 12.6. The van der Waals surface area contributed by atoms with Crippen molar-refractivity contribution in [2.45, 2.75) is 44.6 Å². The zero-order valence-electron chi connectivity index (χ0n) is 15.8. The first-order chi connectivity index (χ1) is 13.1. The summed E-state index contributed by atoms with van der Waals surface area (Å²) in [6.45, 7) is 1.79. The van der Waals surface area contributed by atoms with Gasteiger partial charge in [0, 0.05) is 30.7 Å². The van der Waals surface area contributed by atoms with Crippen molar-refractivity contribution in [1.82, 2.24) is 5.32 Å². The summed E-state index contributed by atoms with van der Waals surface area (Å²) in [6, 6.07) is 10.00. The monoisotopic (exact) mass is 369 g/mol. The van der Waals surface area contributed by atoms with E-state index in [1.165, 1.54) is 7.11 Å². The summed E-state index contributed by atoms with van der Waals surface area (Å²) < 4.78 is 4.81. The normalized spacial score (nSPS) is 23.3. The molecule has 6 nitrogen and oxygen atoms in total. The lowest BCUT2D eigenvalue weighted by Crippen LogP contribution is -2.47. The highest BCUT2D eigenvalue weighted by Crippen LogP contribution is 2.30. The van der Waals surface area contributed by atoms with Crippen LogP contribution in [0.2, 0.25) is 0 Å². The van der Waals surface area contributed by atoms with Gasteiger partial charge in [-0.3, -0.25) is 9.59 Å². The number of nitrogens with zero attached hydrogens (tertiary/aromatic N) is 2. The van der Waals surface area contributed by atoms with Crippen LogP contribution in [0.15, 0.2) is 24.3 Å². The van der Waals surface area contributed by atoms with Crippen molar-refractivity contribution in [3.05, 3.63) is 29.8 Å². The number of benzene rings is 1. The topological polar surface area (TPSA) is 82.4 Å². The van der Waals surface area contributed by atoms with Crippen LogP contribution in [0.4, 0.5) is 5.69 Å². The summed E-state index contributed by atoms with van der Waals surface area (Å²) in [7, 11) is 1.42. The van der Waals surface area contributed by atoms with Gasteiger partial charge in [0.1, 0.15) is 0 Å². The predicted molar refractivity (Wildman–Crippen MR) is 102 cm³/mol. The summed E-state index contributed by atoms with van der Waals surface area (Å²) in [4.78, 5) is 26.5. The second-order valence-electron chi connectivity index (χ2n) is 7.50. The molecule has 1 saturated heterocycles. The smallest absolute Gasteiger partial charge is 0.308 e. The van der Waals surface area contributed by atoms with Gasteiger partial charge in [-0.05, 0) is 62.8 Å². The first-order valence-electron chi connectivity index (χ1n) is 9.74. The van der Waals surface area contributed by atoms with E-state index >= 15 is 0 Å². The molecule has 6 heteroatoms. The summed E-state index contributed by atoms with van der Waals surface area (Å²) >= 11 is 0. The van der Waals surface area contributed by atoms with Gasteiger partial charge < -0.3 is 15.0 Å². The summed E-state index contributed by atoms with van der Waals surface area (Å²) in [5.41, 5.74) is 1.79. The van der Waals surface area contributed by atoms with Gasteiger partial charge in [-0.25, -0.2) is 0 Å². The number of nitriles is 1. The van der Waals surface area contributed by atoms with Gasteiger partial charge in [-0.1, -0.05) is 0 Å². The second kappa shape index (κ2) is 8.90. The van der Waals surface area contributed by atoms with Gasteiger partial charge in [-0.2, -0.15) is 5.26 Å². The number of hydrogen-bond acceptors (Lipinski definition) is 5. The van der Waals surface area contributed by atoms with Crippen molar-refractivity contribution in [2.75, 3.05) is 25.1 Å². The molecule has 2 fully saturated rings. The summed E-state index contributed by atoms with van der Waals surface area (Å²) in [5.74, 6) is -0.0451. The van der Waals surface area contributed by atoms with E-state index in [1.54, 1.807) is 0 Å². The Morgan fingerprint density at radius 3 is 2.19 bits per heavy atom. The van der Waals surface area contributed by atoms with Gasteiger partial charge in [-0.15, -0.1) is 0 Å². The summed E-state index contributed by atoms with van der Waals surface area (Å²) in [5, 5.41) is 12.1. The molecule has 1 saturated carbocycles. The lowest BCUT2D eigenvalue weighted by molar-refractivity contribution is -0.147. The van der Waals surface area contributed by atoms with Crippen LogP contribution in [0.25, 0.3) is 0 Å². The van der Waals surface area contributed by atoms with Gasteiger partial charge in [0.15, 0.2) is 0 Å².